The van der Waals surface area contributed by atoms with E-state index >= 15 is 0 Å². The van der Waals surface area contributed by atoms with Crippen LogP contribution < -0.4 is 9.62 Å². The van der Waals surface area contributed by atoms with Crippen LogP contribution in [0, 0.1) is 0 Å². The number of ether oxygens (including phenoxy) is 1. The number of aliphatic hydroxyl groups is 1. The summed E-state index contributed by atoms with van der Waals surface area (Å²) in [6.45, 7) is 5.07. The van der Waals surface area contributed by atoms with Gasteiger partial charge in [0.1, 0.15) is 6.61 Å². The van der Waals surface area contributed by atoms with Crippen molar-refractivity contribution < 1.29 is 32.2 Å². The van der Waals surface area contributed by atoms with Crippen LogP contribution in [0.15, 0.2) is 30.3 Å². The van der Waals surface area contributed by atoms with E-state index in [2.05, 4.69) is 23.1 Å². The second-order valence-corrected chi connectivity index (χ2v) is 11.8. The molecule has 37 heavy (non-hydrogen) atoms. The summed E-state index contributed by atoms with van der Waals surface area (Å²) in [6.07, 6.45) is 14.3. The average Bonchev–Trinajstić information content (AvgIpc) is 2.88. The van der Waals surface area contributed by atoms with Crippen molar-refractivity contribution in [3.63, 3.8) is 0 Å². The minimum absolute atomic E-state index is 0.0749. The van der Waals surface area contributed by atoms with Crippen LogP contribution in [0.1, 0.15) is 103 Å². The van der Waals surface area contributed by atoms with Crippen LogP contribution in [-0.2, 0) is 30.5 Å². The maximum Gasteiger partial charge on any atom is 0.488 e. The van der Waals surface area contributed by atoms with Crippen molar-refractivity contribution in [2.75, 3.05) is 25.6 Å². The van der Waals surface area contributed by atoms with Crippen molar-refractivity contribution in [3.05, 3.63) is 35.9 Å². The summed E-state index contributed by atoms with van der Waals surface area (Å²) in [6, 6.07) is 9.33. The summed E-state index contributed by atoms with van der Waals surface area (Å²) in [5.41, 5.74) is 1.05. The lowest BCUT2D eigenvalue weighted by atomic mass is 10.1. The monoisotopic (exact) mass is 563 g/mol. The largest absolute Gasteiger partial charge is 0.566 e. The first-order valence-corrected chi connectivity index (χ1v) is 16.6. The number of aliphatic hydroxyl groups excluding tert-OH is 1. The highest BCUT2D eigenvalue weighted by Crippen LogP contribution is 2.11. The number of hydrogen-bond acceptors (Lipinski definition) is 7. The number of unbranched alkanes of at least 4 members (excludes halogenated alkanes) is 10. The predicted molar refractivity (Wildman–Crippen MR) is 149 cm³/mol. The molecule has 0 heterocycles. The second kappa shape index (κ2) is 25.4. The predicted octanol–water partition coefficient (Wildman–Crippen LogP) is 5.62. The number of sulfonamides is 1. The van der Waals surface area contributed by atoms with Gasteiger partial charge < -0.3 is 14.7 Å². The third-order valence-electron chi connectivity index (χ3n) is 5.78. The van der Waals surface area contributed by atoms with E-state index in [-0.39, 0.29) is 31.6 Å². The van der Waals surface area contributed by atoms with E-state index < -0.39 is 18.3 Å². The normalized spacial score (nSPS) is 12.6. The number of benzene rings is 1. The molecule has 10 heteroatoms. The molecule has 1 aromatic rings. The van der Waals surface area contributed by atoms with E-state index in [1.807, 2.05) is 30.3 Å². The van der Waals surface area contributed by atoms with Crippen LogP contribution in [0.25, 0.3) is 0 Å². The molecular formula is C27H50NO7PS. The van der Waals surface area contributed by atoms with E-state index in [0.29, 0.717) is 6.61 Å². The fourth-order valence-electron chi connectivity index (χ4n) is 3.68. The molecule has 0 saturated heterocycles. The zero-order valence-corrected chi connectivity index (χ0v) is 24.7. The van der Waals surface area contributed by atoms with Gasteiger partial charge in [0.15, 0.2) is 0 Å². The molecule has 0 bridgehead atoms. The third-order valence-corrected chi connectivity index (χ3v) is 7.69. The van der Waals surface area contributed by atoms with E-state index in [1.165, 1.54) is 38.5 Å². The first-order chi connectivity index (χ1) is 17.8. The van der Waals surface area contributed by atoms with Crippen molar-refractivity contribution in [2.45, 2.75) is 110 Å². The van der Waals surface area contributed by atoms with E-state index in [0.717, 1.165) is 50.5 Å². The van der Waals surface area contributed by atoms with Gasteiger partial charge in [-0.1, -0.05) is 115 Å². The van der Waals surface area contributed by atoms with E-state index in [9.17, 15) is 23.0 Å². The zero-order chi connectivity index (χ0) is 27.6. The SMILES string of the molecule is CCCCCCCCCCS(=O)(=O)NC(CO)CCCCCC.O=[P+]([O-])OCCOCc1ccccc1. The fraction of sp³-hybridized carbons (Fsp3) is 0.778. The van der Waals surface area contributed by atoms with Crippen molar-refractivity contribution in [3.8, 4) is 0 Å². The number of nitrogens with one attached hydrogen (secondary N) is 1. The first kappa shape index (κ1) is 36.1. The van der Waals surface area contributed by atoms with Crippen LogP contribution in [0.5, 0.6) is 0 Å². The molecule has 0 aliphatic heterocycles. The Kier molecular flexibility index (Phi) is 24.7. The number of hydrogen-bond donors (Lipinski definition) is 2. The van der Waals surface area contributed by atoms with Gasteiger partial charge in [-0.15, -0.1) is 4.52 Å². The molecule has 0 aliphatic carbocycles. The van der Waals surface area contributed by atoms with Crippen LogP contribution in [0.2, 0.25) is 0 Å². The molecule has 2 N–H and O–H groups in total. The minimum atomic E-state index is -3.25. The van der Waals surface area contributed by atoms with Gasteiger partial charge in [0.05, 0.1) is 25.6 Å². The lowest BCUT2D eigenvalue weighted by molar-refractivity contribution is -0.186. The molecule has 0 aliphatic rings. The molecule has 0 fully saturated rings. The van der Waals surface area contributed by atoms with Gasteiger partial charge in [-0.25, -0.2) is 13.1 Å². The molecule has 2 atom stereocenters. The minimum Gasteiger partial charge on any atom is -0.566 e. The Bertz CT molecular complexity index is 750. The standard InChI is InChI=1S/C18H39NO3S.C9H11O4P/c1-3-5-7-9-10-11-12-14-16-23(21,22)19-18(17-20)15-13-8-6-4-2;10-14(11)13-7-6-12-8-9-4-2-1-3-5-9/h18-20H,3-17H2,1-2H3;1-5H,6-8H2. The van der Waals surface area contributed by atoms with E-state index in [4.69, 9.17) is 4.74 Å². The van der Waals surface area contributed by atoms with Gasteiger partial charge in [-0.2, -0.15) is 0 Å². The van der Waals surface area contributed by atoms with Crippen molar-refractivity contribution in [2.24, 2.45) is 0 Å². The van der Waals surface area contributed by atoms with Crippen molar-refractivity contribution in [1.29, 1.82) is 0 Å². The Labute approximate surface area is 226 Å². The summed E-state index contributed by atoms with van der Waals surface area (Å²) >= 11 is 0. The molecule has 0 radical (unpaired) electrons. The Morgan fingerprint density at radius 1 is 0.892 bits per heavy atom. The maximum absolute atomic E-state index is 12.0. The van der Waals surface area contributed by atoms with Crippen LogP contribution in [0.3, 0.4) is 0 Å². The molecule has 1 rings (SSSR count). The third kappa shape index (κ3) is 25.1. The second-order valence-electron chi connectivity index (χ2n) is 9.24. The van der Waals surface area contributed by atoms with Gasteiger partial charge in [-0.05, 0) is 23.0 Å². The highest BCUT2D eigenvalue weighted by Gasteiger charge is 2.16. The Balaban J connectivity index is 0.000000785. The molecule has 0 spiro atoms. The van der Waals surface area contributed by atoms with Gasteiger partial charge in [0.25, 0.3) is 0 Å². The summed E-state index contributed by atoms with van der Waals surface area (Å²) in [5, 5.41) is 9.33. The molecular weight excluding hydrogens is 513 g/mol. The summed E-state index contributed by atoms with van der Waals surface area (Å²) < 4.78 is 46.2. The van der Waals surface area contributed by atoms with Gasteiger partial charge in [-0.3, -0.25) is 0 Å². The van der Waals surface area contributed by atoms with Crippen LogP contribution in [0.4, 0.5) is 0 Å². The Hall–Kier alpha value is -0.930. The highest BCUT2D eigenvalue weighted by atomic mass is 32.2. The summed E-state index contributed by atoms with van der Waals surface area (Å²) in [7, 11) is -6.00. The average molecular weight is 564 g/mol. The molecule has 2 unspecified atom stereocenters. The highest BCUT2D eigenvalue weighted by molar-refractivity contribution is 7.89. The summed E-state index contributed by atoms with van der Waals surface area (Å²) in [5.74, 6) is 0.188. The van der Waals surface area contributed by atoms with Crippen molar-refractivity contribution >= 4 is 18.3 Å². The molecule has 8 nitrogen and oxygen atoms in total. The fourth-order valence-corrected chi connectivity index (χ4v) is 5.30. The van der Waals surface area contributed by atoms with Crippen molar-refractivity contribution in [1.82, 2.24) is 4.72 Å². The molecule has 1 aromatic carbocycles. The number of rotatable bonds is 23. The summed E-state index contributed by atoms with van der Waals surface area (Å²) in [4.78, 5) is 9.99. The zero-order valence-electron chi connectivity index (χ0n) is 22.9. The Morgan fingerprint density at radius 2 is 1.46 bits per heavy atom. The Morgan fingerprint density at radius 3 is 2.03 bits per heavy atom. The molecule has 0 saturated carbocycles. The van der Waals surface area contributed by atoms with E-state index in [1.54, 1.807) is 0 Å². The quantitative estimate of drug-likeness (QED) is 0.131. The van der Waals surface area contributed by atoms with Gasteiger partial charge >= 0.3 is 8.25 Å². The van der Waals surface area contributed by atoms with Crippen LogP contribution in [-0.4, -0.2) is 45.1 Å². The molecule has 0 amide bonds. The maximum atomic E-state index is 12.0. The van der Waals surface area contributed by atoms with Crippen LogP contribution >= 0.6 is 8.25 Å². The topological polar surface area (TPSA) is 125 Å². The smallest absolute Gasteiger partial charge is 0.488 e. The lowest BCUT2D eigenvalue weighted by Crippen LogP contribution is -2.38. The van der Waals surface area contributed by atoms with Gasteiger partial charge in [0.2, 0.25) is 10.0 Å². The molecule has 0 aromatic heterocycles. The van der Waals surface area contributed by atoms with Gasteiger partial charge in [0, 0.05) is 6.04 Å². The first-order valence-electron chi connectivity index (χ1n) is 13.8. The lowest BCUT2D eigenvalue weighted by Gasteiger charge is -2.16. The molecule has 216 valence electrons.